The molecule has 2 aromatic heterocycles. The van der Waals surface area contributed by atoms with E-state index in [9.17, 15) is 24.6 Å². The second kappa shape index (κ2) is 11.2. The van der Waals surface area contributed by atoms with Crippen LogP contribution in [-0.2, 0) is 6.54 Å². The van der Waals surface area contributed by atoms with Crippen LogP contribution in [0.3, 0.4) is 0 Å². The van der Waals surface area contributed by atoms with Crippen molar-refractivity contribution in [2.45, 2.75) is 56.8 Å². The van der Waals surface area contributed by atoms with E-state index in [1.54, 1.807) is 18.2 Å². The van der Waals surface area contributed by atoms with E-state index in [1.807, 2.05) is 0 Å². The van der Waals surface area contributed by atoms with Crippen molar-refractivity contribution in [1.29, 1.82) is 0 Å². The standard InChI is InChI=1S/C25H28ClN5O5/c26-19-9-8-17(13-18(19)23(34)28-16-25(36)10-4-1-2-5-11-25)31-24(35)30(22(33)14-29-31)15-21(32)20-7-3-6-12-27-20/h3,6-9,12-14,21,32,36H,1-2,4-5,10-11,15-16H2,(H,28,34). The van der Waals surface area contributed by atoms with Gasteiger partial charge in [-0.15, -0.1) is 0 Å². The molecule has 1 aliphatic rings. The zero-order valence-electron chi connectivity index (χ0n) is 19.6. The van der Waals surface area contributed by atoms with Crippen molar-refractivity contribution >= 4 is 17.5 Å². The van der Waals surface area contributed by atoms with Gasteiger partial charge in [-0.05, 0) is 43.2 Å². The lowest BCUT2D eigenvalue weighted by Crippen LogP contribution is -2.43. The number of aliphatic hydroxyl groups excluding tert-OH is 1. The number of carbonyl (C=O) groups excluding carboxylic acids is 1. The fraction of sp³-hybridized carbons (Fsp3) is 0.400. The molecule has 4 rings (SSSR count). The van der Waals surface area contributed by atoms with Crippen molar-refractivity contribution in [2.75, 3.05) is 6.54 Å². The molecule has 0 bridgehead atoms. The van der Waals surface area contributed by atoms with E-state index >= 15 is 0 Å². The molecule has 1 fully saturated rings. The minimum atomic E-state index is -1.19. The van der Waals surface area contributed by atoms with E-state index in [0.717, 1.165) is 41.1 Å². The third-order valence-corrected chi connectivity index (χ3v) is 6.73. The first-order chi connectivity index (χ1) is 17.3. The topological polar surface area (TPSA) is 139 Å². The summed E-state index contributed by atoms with van der Waals surface area (Å²) < 4.78 is 1.81. The second-order valence-electron chi connectivity index (χ2n) is 9.04. The van der Waals surface area contributed by atoms with Gasteiger partial charge in [0.1, 0.15) is 12.3 Å². The van der Waals surface area contributed by atoms with Crippen LogP contribution in [0.5, 0.6) is 0 Å². The normalized spacial score (nSPS) is 16.2. The van der Waals surface area contributed by atoms with Crippen LogP contribution < -0.4 is 16.6 Å². The van der Waals surface area contributed by atoms with Crippen LogP contribution in [0.2, 0.25) is 5.02 Å². The van der Waals surface area contributed by atoms with Gasteiger partial charge in [0.05, 0.1) is 34.1 Å². The number of amides is 1. The number of aromatic nitrogens is 4. The summed E-state index contributed by atoms with van der Waals surface area (Å²) in [5.74, 6) is -0.494. The average Bonchev–Trinajstić information content (AvgIpc) is 3.11. The van der Waals surface area contributed by atoms with Crippen molar-refractivity contribution in [3.63, 3.8) is 0 Å². The fourth-order valence-corrected chi connectivity index (χ4v) is 4.55. The van der Waals surface area contributed by atoms with Gasteiger partial charge in [-0.1, -0.05) is 43.4 Å². The van der Waals surface area contributed by atoms with Gasteiger partial charge in [-0.25, -0.2) is 4.79 Å². The van der Waals surface area contributed by atoms with Gasteiger partial charge in [0.2, 0.25) is 0 Å². The molecule has 36 heavy (non-hydrogen) atoms. The van der Waals surface area contributed by atoms with Gasteiger partial charge in [0.15, 0.2) is 0 Å². The molecule has 11 heteroatoms. The second-order valence-corrected chi connectivity index (χ2v) is 9.45. The predicted octanol–water partition coefficient (Wildman–Crippen LogP) is 1.99. The summed E-state index contributed by atoms with van der Waals surface area (Å²) in [4.78, 5) is 42.4. The SMILES string of the molecule is O=C(NCC1(O)CCCCCC1)c1cc(-n2ncc(=O)n(CC(O)c3ccccn3)c2=O)ccc1Cl. The molecule has 0 radical (unpaired) electrons. The van der Waals surface area contributed by atoms with Crippen molar-refractivity contribution in [3.8, 4) is 5.69 Å². The Morgan fingerprint density at radius 1 is 1.14 bits per heavy atom. The molecule has 1 amide bonds. The van der Waals surface area contributed by atoms with Crippen molar-refractivity contribution in [1.82, 2.24) is 24.6 Å². The molecule has 1 aromatic carbocycles. The number of aliphatic hydroxyl groups is 2. The Morgan fingerprint density at radius 3 is 2.58 bits per heavy atom. The Bertz CT molecular complexity index is 1330. The minimum Gasteiger partial charge on any atom is -0.388 e. The highest BCUT2D eigenvalue weighted by Gasteiger charge is 2.29. The van der Waals surface area contributed by atoms with E-state index in [-0.39, 0.29) is 29.4 Å². The number of rotatable bonds is 7. The summed E-state index contributed by atoms with van der Waals surface area (Å²) in [6.45, 7) is -0.225. The molecular formula is C25H28ClN5O5. The Labute approximate surface area is 212 Å². The summed E-state index contributed by atoms with van der Waals surface area (Å²) in [6.07, 6.45) is 6.44. The number of pyridine rings is 1. The molecule has 190 valence electrons. The molecule has 10 nitrogen and oxygen atoms in total. The molecule has 0 spiro atoms. The number of carbonyl (C=O) groups is 1. The van der Waals surface area contributed by atoms with E-state index in [4.69, 9.17) is 11.6 Å². The smallest absolute Gasteiger partial charge is 0.352 e. The van der Waals surface area contributed by atoms with E-state index < -0.39 is 28.9 Å². The molecule has 0 aliphatic heterocycles. The van der Waals surface area contributed by atoms with Crippen LogP contribution in [0.25, 0.3) is 5.69 Å². The maximum Gasteiger partial charge on any atom is 0.352 e. The van der Waals surface area contributed by atoms with Crippen LogP contribution in [0.1, 0.15) is 60.7 Å². The monoisotopic (exact) mass is 513 g/mol. The van der Waals surface area contributed by atoms with Crippen LogP contribution in [0.4, 0.5) is 0 Å². The summed E-state index contributed by atoms with van der Waals surface area (Å²) >= 11 is 6.27. The van der Waals surface area contributed by atoms with Gasteiger partial charge >= 0.3 is 5.69 Å². The number of halogens is 1. The lowest BCUT2D eigenvalue weighted by molar-refractivity contribution is 0.0246. The maximum absolute atomic E-state index is 13.1. The van der Waals surface area contributed by atoms with Crippen LogP contribution in [-0.4, -0.2) is 47.6 Å². The zero-order valence-corrected chi connectivity index (χ0v) is 20.4. The van der Waals surface area contributed by atoms with Crippen LogP contribution in [0.15, 0.2) is 58.4 Å². The molecule has 3 N–H and O–H groups in total. The van der Waals surface area contributed by atoms with Gasteiger partial charge in [-0.3, -0.25) is 19.1 Å². The maximum atomic E-state index is 13.1. The van der Waals surface area contributed by atoms with Crippen molar-refractivity contribution in [2.24, 2.45) is 0 Å². The lowest BCUT2D eigenvalue weighted by atomic mass is 9.94. The first-order valence-electron chi connectivity index (χ1n) is 11.9. The van der Waals surface area contributed by atoms with Gasteiger partial charge in [0, 0.05) is 12.7 Å². The molecule has 1 aliphatic carbocycles. The predicted molar refractivity (Wildman–Crippen MR) is 133 cm³/mol. The first kappa shape index (κ1) is 25.7. The number of benzene rings is 1. The number of hydrogen-bond acceptors (Lipinski definition) is 7. The van der Waals surface area contributed by atoms with E-state index in [0.29, 0.717) is 18.5 Å². The lowest BCUT2D eigenvalue weighted by Gasteiger charge is -2.26. The fourth-order valence-electron chi connectivity index (χ4n) is 4.34. The third-order valence-electron chi connectivity index (χ3n) is 6.40. The number of nitrogens with one attached hydrogen (secondary N) is 1. The Kier molecular flexibility index (Phi) is 7.97. The zero-order chi connectivity index (χ0) is 25.7. The van der Waals surface area contributed by atoms with E-state index in [2.05, 4.69) is 15.4 Å². The Balaban J connectivity index is 1.58. The van der Waals surface area contributed by atoms with Crippen molar-refractivity contribution in [3.05, 3.63) is 85.9 Å². The summed E-state index contributed by atoms with van der Waals surface area (Å²) in [6, 6.07) is 9.31. The van der Waals surface area contributed by atoms with Crippen molar-refractivity contribution < 1.29 is 15.0 Å². The highest BCUT2D eigenvalue weighted by Crippen LogP contribution is 2.27. The molecule has 0 saturated heterocycles. The largest absolute Gasteiger partial charge is 0.388 e. The first-order valence-corrected chi connectivity index (χ1v) is 12.2. The molecule has 1 unspecified atom stereocenters. The van der Waals surface area contributed by atoms with Gasteiger partial charge < -0.3 is 15.5 Å². The Morgan fingerprint density at radius 2 is 1.89 bits per heavy atom. The molecule has 2 heterocycles. The van der Waals surface area contributed by atoms with Crippen LogP contribution in [0, 0.1) is 0 Å². The number of hydrogen-bond donors (Lipinski definition) is 3. The minimum absolute atomic E-state index is 0.0981. The molecule has 1 atom stereocenters. The highest BCUT2D eigenvalue weighted by molar-refractivity contribution is 6.33. The quantitative estimate of drug-likeness (QED) is 0.410. The molecular weight excluding hydrogens is 486 g/mol. The van der Waals surface area contributed by atoms with E-state index in [1.165, 1.54) is 24.4 Å². The van der Waals surface area contributed by atoms with Gasteiger partial charge in [0.25, 0.3) is 11.5 Å². The van der Waals surface area contributed by atoms with Gasteiger partial charge in [-0.2, -0.15) is 9.78 Å². The summed E-state index contributed by atoms with van der Waals surface area (Å²) in [7, 11) is 0. The third kappa shape index (κ3) is 5.89. The summed E-state index contributed by atoms with van der Waals surface area (Å²) in [5, 5.41) is 28.1. The molecule has 1 saturated carbocycles. The average molecular weight is 514 g/mol. The molecule has 3 aromatic rings. The number of nitrogens with zero attached hydrogens (tertiary/aromatic N) is 4. The highest BCUT2D eigenvalue weighted by atomic mass is 35.5. The summed E-state index contributed by atoms with van der Waals surface area (Å²) in [5.41, 5.74) is -1.81. The van der Waals surface area contributed by atoms with Crippen LogP contribution >= 0.6 is 11.6 Å². The Hall–Kier alpha value is -3.34.